The number of aromatic nitrogens is 2. The molecule has 1 aliphatic rings. The summed E-state index contributed by atoms with van der Waals surface area (Å²) in [7, 11) is 0. The first-order valence-electron chi connectivity index (χ1n) is 6.83. The first-order chi connectivity index (χ1) is 8.81. The Bertz CT molecular complexity index is 374. The number of likely N-dealkylation sites (tertiary alicyclic amines) is 1. The van der Waals surface area contributed by atoms with Gasteiger partial charge in [0.05, 0.1) is 0 Å². The fraction of sp³-hybridized carbons (Fsp3) is 0.692. The second kappa shape index (κ2) is 6.54. The van der Waals surface area contributed by atoms with E-state index in [4.69, 9.17) is 0 Å². The predicted molar refractivity (Wildman–Crippen MR) is 75.1 cm³/mol. The van der Waals surface area contributed by atoms with Gasteiger partial charge < -0.3 is 15.5 Å². The molecular weight excluding hydrogens is 226 g/mol. The molecule has 0 atom stereocenters. The van der Waals surface area contributed by atoms with Crippen LogP contribution in [-0.4, -0.2) is 47.6 Å². The van der Waals surface area contributed by atoms with Gasteiger partial charge in [-0.05, 0) is 39.8 Å². The van der Waals surface area contributed by atoms with Crippen LogP contribution in [0.5, 0.6) is 0 Å². The highest BCUT2D eigenvalue weighted by atomic mass is 15.2. The second-order valence-electron chi connectivity index (χ2n) is 4.70. The van der Waals surface area contributed by atoms with Gasteiger partial charge in [-0.3, -0.25) is 0 Å². The van der Waals surface area contributed by atoms with Crippen molar-refractivity contribution in [2.75, 3.05) is 43.4 Å². The Balaban J connectivity index is 1.86. The quantitative estimate of drug-likeness (QED) is 0.804. The summed E-state index contributed by atoms with van der Waals surface area (Å²) < 4.78 is 0. The van der Waals surface area contributed by atoms with E-state index in [1.54, 1.807) is 6.33 Å². The van der Waals surface area contributed by atoms with E-state index >= 15 is 0 Å². The van der Waals surface area contributed by atoms with E-state index in [1.807, 2.05) is 0 Å². The van der Waals surface area contributed by atoms with Crippen molar-refractivity contribution in [1.29, 1.82) is 0 Å². The van der Waals surface area contributed by atoms with Gasteiger partial charge in [0.15, 0.2) is 0 Å². The zero-order valence-corrected chi connectivity index (χ0v) is 11.4. The van der Waals surface area contributed by atoms with E-state index in [1.165, 1.54) is 25.9 Å². The monoisotopic (exact) mass is 249 g/mol. The van der Waals surface area contributed by atoms with Crippen LogP contribution >= 0.6 is 0 Å². The van der Waals surface area contributed by atoms with Gasteiger partial charge in [0, 0.05) is 25.2 Å². The highest BCUT2D eigenvalue weighted by Gasteiger charge is 2.11. The molecule has 1 aromatic rings. The Morgan fingerprint density at radius 1 is 1.17 bits per heavy atom. The van der Waals surface area contributed by atoms with Crippen molar-refractivity contribution in [1.82, 2.24) is 14.9 Å². The van der Waals surface area contributed by atoms with Crippen LogP contribution in [0.25, 0.3) is 0 Å². The van der Waals surface area contributed by atoms with Gasteiger partial charge in [-0.25, -0.2) is 9.97 Å². The lowest BCUT2D eigenvalue weighted by atomic mass is 10.3. The lowest BCUT2D eigenvalue weighted by Crippen LogP contribution is -2.26. The second-order valence-corrected chi connectivity index (χ2v) is 4.70. The van der Waals surface area contributed by atoms with Gasteiger partial charge in [0.1, 0.15) is 18.0 Å². The summed E-state index contributed by atoms with van der Waals surface area (Å²) in [5, 5.41) is 6.65. The van der Waals surface area contributed by atoms with Gasteiger partial charge >= 0.3 is 0 Å². The van der Waals surface area contributed by atoms with Crippen LogP contribution in [0.3, 0.4) is 0 Å². The van der Waals surface area contributed by atoms with Crippen molar-refractivity contribution >= 4 is 11.6 Å². The summed E-state index contributed by atoms with van der Waals surface area (Å²) in [6.45, 7) is 9.53. The summed E-state index contributed by atoms with van der Waals surface area (Å²) in [5.74, 6) is 1.87. The standard InChI is InChI=1S/C13H23N5/c1-3-14-12-11(2)13(17-10-16-12)15-6-9-18-7-4-5-8-18/h10H,3-9H2,1-2H3,(H2,14,15,16,17). The molecule has 0 aliphatic carbocycles. The van der Waals surface area contributed by atoms with Crippen LogP contribution in [0.15, 0.2) is 6.33 Å². The largest absolute Gasteiger partial charge is 0.370 e. The number of nitrogens with zero attached hydrogens (tertiary/aromatic N) is 3. The first-order valence-corrected chi connectivity index (χ1v) is 6.83. The third kappa shape index (κ3) is 3.32. The molecule has 18 heavy (non-hydrogen) atoms. The number of nitrogens with one attached hydrogen (secondary N) is 2. The van der Waals surface area contributed by atoms with Gasteiger partial charge in [0.25, 0.3) is 0 Å². The normalized spacial score (nSPS) is 15.9. The predicted octanol–water partition coefficient (Wildman–Crippen LogP) is 1.72. The van der Waals surface area contributed by atoms with Crippen LogP contribution in [0, 0.1) is 6.92 Å². The maximum absolute atomic E-state index is 4.30. The van der Waals surface area contributed by atoms with Crippen LogP contribution in [0.2, 0.25) is 0 Å². The Morgan fingerprint density at radius 2 is 1.83 bits per heavy atom. The molecule has 1 fully saturated rings. The van der Waals surface area contributed by atoms with Gasteiger partial charge in [-0.1, -0.05) is 0 Å². The van der Waals surface area contributed by atoms with Crippen molar-refractivity contribution in [2.45, 2.75) is 26.7 Å². The molecule has 5 heteroatoms. The van der Waals surface area contributed by atoms with E-state index in [0.717, 1.165) is 36.8 Å². The smallest absolute Gasteiger partial charge is 0.134 e. The van der Waals surface area contributed by atoms with Gasteiger partial charge in [-0.15, -0.1) is 0 Å². The van der Waals surface area contributed by atoms with Crippen LogP contribution in [0.1, 0.15) is 25.3 Å². The number of rotatable bonds is 6. The Labute approximate surface area is 109 Å². The van der Waals surface area contributed by atoms with Crippen LogP contribution < -0.4 is 10.6 Å². The molecule has 0 bridgehead atoms. The lowest BCUT2D eigenvalue weighted by molar-refractivity contribution is 0.352. The Hall–Kier alpha value is -1.36. The maximum atomic E-state index is 4.30. The molecule has 0 aromatic carbocycles. The lowest BCUT2D eigenvalue weighted by Gasteiger charge is -2.16. The molecule has 2 heterocycles. The fourth-order valence-corrected chi connectivity index (χ4v) is 2.31. The first kappa shape index (κ1) is 13.1. The summed E-state index contributed by atoms with van der Waals surface area (Å²) in [6.07, 6.45) is 4.30. The fourth-order valence-electron chi connectivity index (χ4n) is 2.31. The van der Waals surface area contributed by atoms with Gasteiger partial charge in [-0.2, -0.15) is 0 Å². The van der Waals surface area contributed by atoms with E-state index in [0.29, 0.717) is 0 Å². The van der Waals surface area contributed by atoms with Crippen molar-refractivity contribution in [2.24, 2.45) is 0 Å². The van der Waals surface area contributed by atoms with E-state index in [9.17, 15) is 0 Å². The molecule has 1 aliphatic heterocycles. The summed E-state index contributed by atoms with van der Waals surface area (Å²) in [6, 6.07) is 0. The number of hydrogen-bond donors (Lipinski definition) is 2. The number of anilines is 2. The molecule has 1 aromatic heterocycles. The molecule has 0 spiro atoms. The zero-order valence-electron chi connectivity index (χ0n) is 11.4. The molecule has 2 N–H and O–H groups in total. The minimum absolute atomic E-state index is 0.880. The average molecular weight is 249 g/mol. The maximum Gasteiger partial charge on any atom is 0.134 e. The summed E-state index contributed by atoms with van der Waals surface area (Å²) in [5.41, 5.74) is 1.10. The highest BCUT2D eigenvalue weighted by molar-refractivity contribution is 5.56. The Kier molecular flexibility index (Phi) is 4.75. The molecule has 0 unspecified atom stereocenters. The molecule has 5 nitrogen and oxygen atoms in total. The topological polar surface area (TPSA) is 53.1 Å². The minimum Gasteiger partial charge on any atom is -0.370 e. The van der Waals surface area contributed by atoms with Crippen LogP contribution in [0.4, 0.5) is 11.6 Å². The molecular formula is C13H23N5. The van der Waals surface area contributed by atoms with Crippen molar-refractivity contribution in [3.63, 3.8) is 0 Å². The SMILES string of the molecule is CCNc1ncnc(NCCN2CCCC2)c1C. The molecule has 0 radical (unpaired) electrons. The Morgan fingerprint density at radius 3 is 2.50 bits per heavy atom. The number of hydrogen-bond acceptors (Lipinski definition) is 5. The van der Waals surface area contributed by atoms with Gasteiger partial charge in [0.2, 0.25) is 0 Å². The molecule has 100 valence electrons. The summed E-state index contributed by atoms with van der Waals surface area (Å²) in [4.78, 5) is 11.0. The third-order valence-electron chi connectivity index (χ3n) is 3.35. The average Bonchev–Trinajstić information content (AvgIpc) is 2.87. The molecule has 2 rings (SSSR count). The van der Waals surface area contributed by atoms with E-state index in [2.05, 4.69) is 39.3 Å². The third-order valence-corrected chi connectivity index (χ3v) is 3.35. The minimum atomic E-state index is 0.880. The van der Waals surface area contributed by atoms with Crippen molar-refractivity contribution in [3.05, 3.63) is 11.9 Å². The van der Waals surface area contributed by atoms with Crippen molar-refractivity contribution in [3.8, 4) is 0 Å². The molecule has 0 saturated carbocycles. The summed E-state index contributed by atoms with van der Waals surface area (Å²) >= 11 is 0. The molecule has 0 amide bonds. The highest BCUT2D eigenvalue weighted by Crippen LogP contribution is 2.17. The molecule has 1 saturated heterocycles. The van der Waals surface area contributed by atoms with Crippen molar-refractivity contribution < 1.29 is 0 Å². The zero-order chi connectivity index (χ0) is 12.8. The van der Waals surface area contributed by atoms with Crippen LogP contribution in [-0.2, 0) is 0 Å². The van der Waals surface area contributed by atoms with E-state index in [-0.39, 0.29) is 0 Å². The van der Waals surface area contributed by atoms with E-state index < -0.39 is 0 Å².